The predicted molar refractivity (Wildman–Crippen MR) is 128 cm³/mol. The van der Waals surface area contributed by atoms with E-state index in [9.17, 15) is 24.9 Å². The summed E-state index contributed by atoms with van der Waals surface area (Å²) < 4.78 is 11.0. The van der Waals surface area contributed by atoms with E-state index in [1.165, 1.54) is 42.5 Å². The summed E-state index contributed by atoms with van der Waals surface area (Å²) >= 11 is 12.7. The summed E-state index contributed by atoms with van der Waals surface area (Å²) in [4.78, 5) is 24.9. The number of nitrogens with zero attached hydrogens (tertiary/aromatic N) is 1. The van der Waals surface area contributed by atoms with Gasteiger partial charge >= 0.3 is 12.1 Å². The van der Waals surface area contributed by atoms with Gasteiger partial charge in [0.2, 0.25) is 0 Å². The number of anilines is 1. The van der Waals surface area contributed by atoms with E-state index < -0.39 is 18.6 Å². The highest BCUT2D eigenvalue weighted by atomic mass is 35.5. The summed E-state index contributed by atoms with van der Waals surface area (Å²) in [5, 5.41) is 28.7. The molecule has 0 unspecified atom stereocenters. The number of halogens is 2. The van der Waals surface area contributed by atoms with Crippen LogP contribution in [0.25, 0.3) is 0 Å². The van der Waals surface area contributed by atoms with Crippen LogP contribution in [0.1, 0.15) is 25.3 Å². The molecule has 10 heteroatoms. The molecule has 0 bridgehead atoms. The summed E-state index contributed by atoms with van der Waals surface area (Å²) in [7, 11) is 0. The molecule has 3 rings (SSSR count). The fourth-order valence-electron chi connectivity index (χ4n) is 3.04. The number of aliphatic carboxylic acids is 1. The van der Waals surface area contributed by atoms with Crippen molar-refractivity contribution in [2.45, 2.75) is 19.8 Å². The molecular formula is C24H21Cl2NO7. The van der Waals surface area contributed by atoms with Crippen LogP contribution >= 0.6 is 23.2 Å². The largest absolute Gasteiger partial charge is 0.508 e. The van der Waals surface area contributed by atoms with Crippen molar-refractivity contribution in [1.29, 1.82) is 0 Å². The summed E-state index contributed by atoms with van der Waals surface area (Å²) in [6.45, 7) is 3.11. The normalized spacial score (nSPS) is 10.7. The Morgan fingerprint density at radius 2 is 1.53 bits per heavy atom. The summed E-state index contributed by atoms with van der Waals surface area (Å²) in [5.74, 6) is -0.566. The number of carboxylic acid groups (broad SMARTS) is 1. The highest BCUT2D eigenvalue weighted by Gasteiger charge is 2.24. The predicted octanol–water partition coefficient (Wildman–Crippen LogP) is 6.41. The van der Waals surface area contributed by atoms with Crippen molar-refractivity contribution in [3.05, 3.63) is 70.2 Å². The number of hydrogen-bond acceptors (Lipinski definition) is 6. The van der Waals surface area contributed by atoms with E-state index in [1.807, 2.05) is 13.8 Å². The molecule has 8 nitrogen and oxygen atoms in total. The maximum atomic E-state index is 12.7. The summed E-state index contributed by atoms with van der Waals surface area (Å²) in [6, 6.07) is 12.7. The molecule has 0 saturated carbocycles. The van der Waals surface area contributed by atoms with Crippen LogP contribution in [0.3, 0.4) is 0 Å². The van der Waals surface area contributed by atoms with Crippen LogP contribution in [-0.4, -0.2) is 33.9 Å². The topological polar surface area (TPSA) is 117 Å². The zero-order chi connectivity index (χ0) is 25.0. The Bertz CT molecular complexity index is 1190. The molecule has 0 heterocycles. The van der Waals surface area contributed by atoms with Crippen LogP contribution in [0, 0.1) is 0 Å². The van der Waals surface area contributed by atoms with Gasteiger partial charge in [0.25, 0.3) is 0 Å². The first-order valence-electron chi connectivity index (χ1n) is 10.0. The van der Waals surface area contributed by atoms with Gasteiger partial charge in [-0.25, -0.2) is 4.79 Å². The number of amides is 1. The van der Waals surface area contributed by atoms with E-state index in [4.69, 9.17) is 32.7 Å². The van der Waals surface area contributed by atoms with Crippen molar-refractivity contribution < 1.29 is 34.4 Å². The van der Waals surface area contributed by atoms with Crippen molar-refractivity contribution in [1.82, 2.24) is 0 Å². The van der Waals surface area contributed by atoms with Gasteiger partial charge in [0.15, 0.2) is 5.75 Å². The lowest BCUT2D eigenvalue weighted by Crippen LogP contribution is -2.37. The van der Waals surface area contributed by atoms with Crippen molar-refractivity contribution in [3.63, 3.8) is 0 Å². The molecule has 178 valence electrons. The minimum absolute atomic E-state index is 0.0227. The first-order valence-corrected chi connectivity index (χ1v) is 10.8. The number of carbonyl (C=O) groups is 2. The molecule has 34 heavy (non-hydrogen) atoms. The van der Waals surface area contributed by atoms with Crippen molar-refractivity contribution in [3.8, 4) is 28.7 Å². The second kappa shape index (κ2) is 10.5. The van der Waals surface area contributed by atoms with Gasteiger partial charge < -0.3 is 24.8 Å². The Balaban J connectivity index is 1.90. The van der Waals surface area contributed by atoms with Crippen LogP contribution in [0.2, 0.25) is 10.0 Å². The summed E-state index contributed by atoms with van der Waals surface area (Å²) in [5.41, 5.74) is 0.744. The van der Waals surface area contributed by atoms with Crippen molar-refractivity contribution in [2.75, 3.05) is 11.4 Å². The van der Waals surface area contributed by atoms with E-state index in [2.05, 4.69) is 0 Å². The van der Waals surface area contributed by atoms with Crippen molar-refractivity contribution in [2.24, 2.45) is 0 Å². The molecule has 0 aliphatic carbocycles. The Morgan fingerprint density at radius 1 is 0.941 bits per heavy atom. The van der Waals surface area contributed by atoms with Gasteiger partial charge in [-0.3, -0.25) is 9.69 Å². The monoisotopic (exact) mass is 505 g/mol. The smallest absolute Gasteiger partial charge is 0.420 e. The number of aromatic hydroxyl groups is 2. The number of carboxylic acids is 1. The van der Waals surface area contributed by atoms with Crippen LogP contribution in [0.15, 0.2) is 54.6 Å². The third-order valence-electron chi connectivity index (χ3n) is 4.69. The minimum Gasteiger partial charge on any atom is -0.508 e. The highest BCUT2D eigenvalue weighted by Crippen LogP contribution is 2.41. The first kappa shape index (κ1) is 25.0. The molecule has 0 radical (unpaired) electrons. The van der Waals surface area contributed by atoms with Gasteiger partial charge in [0.05, 0.1) is 15.7 Å². The number of ether oxygens (including phenoxy) is 2. The first-order chi connectivity index (χ1) is 16.0. The molecular weight excluding hydrogens is 485 g/mol. The molecule has 0 aliphatic heterocycles. The quantitative estimate of drug-likeness (QED) is 0.339. The van der Waals surface area contributed by atoms with Gasteiger partial charge in [-0.05, 0) is 60.5 Å². The lowest BCUT2D eigenvalue weighted by Gasteiger charge is -2.22. The zero-order valence-electron chi connectivity index (χ0n) is 18.2. The molecule has 3 aromatic rings. The molecule has 0 fully saturated rings. The van der Waals surface area contributed by atoms with E-state index in [-0.39, 0.29) is 44.6 Å². The highest BCUT2D eigenvalue weighted by molar-refractivity contribution is 6.37. The average molecular weight is 506 g/mol. The summed E-state index contributed by atoms with van der Waals surface area (Å²) in [6.07, 6.45) is -0.992. The molecule has 0 atom stereocenters. The third kappa shape index (κ3) is 6.03. The van der Waals surface area contributed by atoms with E-state index in [0.29, 0.717) is 11.3 Å². The number of rotatable bonds is 7. The Morgan fingerprint density at radius 3 is 2.09 bits per heavy atom. The standard InChI is InChI=1S/C24H21Cl2NO7/c1-13(2)18-11-17(7-8-21(18)29)33-23-19(25)9-14(10-20(23)26)27(12-22(30)31)24(32)34-16-5-3-15(28)4-6-16/h3-11,13,28-29H,12H2,1-2H3,(H,30,31). The van der Waals surface area contributed by atoms with Gasteiger partial charge in [-0.15, -0.1) is 0 Å². The molecule has 0 aromatic heterocycles. The van der Waals surface area contributed by atoms with Crippen LogP contribution in [0.5, 0.6) is 28.7 Å². The number of hydrogen-bond donors (Lipinski definition) is 3. The maximum Gasteiger partial charge on any atom is 0.420 e. The van der Waals surface area contributed by atoms with Crippen LogP contribution < -0.4 is 14.4 Å². The third-order valence-corrected chi connectivity index (χ3v) is 5.25. The van der Waals surface area contributed by atoms with E-state index in [0.717, 1.165) is 4.90 Å². The second-order valence-corrected chi connectivity index (χ2v) is 8.37. The second-order valence-electron chi connectivity index (χ2n) is 7.56. The number of phenols is 2. The Hall–Kier alpha value is -3.62. The molecule has 3 aromatic carbocycles. The molecule has 3 N–H and O–H groups in total. The average Bonchev–Trinajstić information content (AvgIpc) is 2.76. The van der Waals surface area contributed by atoms with E-state index in [1.54, 1.807) is 12.1 Å². The maximum absolute atomic E-state index is 12.7. The number of carbonyl (C=O) groups excluding carboxylic acids is 1. The fourth-order valence-corrected chi connectivity index (χ4v) is 3.60. The molecule has 0 saturated heterocycles. The minimum atomic E-state index is -1.29. The Kier molecular flexibility index (Phi) is 7.75. The van der Waals surface area contributed by atoms with Crippen LogP contribution in [0.4, 0.5) is 10.5 Å². The number of benzene rings is 3. The van der Waals surface area contributed by atoms with Crippen LogP contribution in [-0.2, 0) is 4.79 Å². The van der Waals surface area contributed by atoms with Gasteiger partial charge in [-0.2, -0.15) is 0 Å². The lowest BCUT2D eigenvalue weighted by molar-refractivity contribution is -0.135. The zero-order valence-corrected chi connectivity index (χ0v) is 19.7. The van der Waals surface area contributed by atoms with Gasteiger partial charge in [0.1, 0.15) is 29.5 Å². The van der Waals surface area contributed by atoms with Gasteiger partial charge in [-0.1, -0.05) is 37.0 Å². The molecule has 0 spiro atoms. The SMILES string of the molecule is CC(C)c1cc(Oc2c(Cl)cc(N(CC(=O)O)C(=O)Oc3ccc(O)cc3)cc2Cl)ccc1O. The fraction of sp³-hybridized carbons (Fsp3) is 0.167. The number of phenolic OH excluding ortho intramolecular Hbond substituents is 2. The molecule has 1 amide bonds. The van der Waals surface area contributed by atoms with Crippen molar-refractivity contribution >= 4 is 41.0 Å². The van der Waals surface area contributed by atoms with Gasteiger partial charge in [0, 0.05) is 5.56 Å². The lowest BCUT2D eigenvalue weighted by atomic mass is 10.0. The van der Waals surface area contributed by atoms with E-state index >= 15 is 0 Å². The molecule has 0 aliphatic rings. The Labute approximate surface area is 205 Å².